The minimum absolute atomic E-state index is 0.0769. The predicted molar refractivity (Wildman–Crippen MR) is 109 cm³/mol. The number of carbonyl (C=O) groups excluding carboxylic acids is 1. The highest BCUT2D eigenvalue weighted by molar-refractivity contribution is 5.93. The first-order chi connectivity index (χ1) is 12.4. The third-order valence-electron chi connectivity index (χ3n) is 5.19. The van der Waals surface area contributed by atoms with Crippen LogP contribution in [0.1, 0.15) is 54.9 Å². The number of hydrogen-bond acceptors (Lipinski definition) is 2. The van der Waals surface area contributed by atoms with Crippen LogP contribution in [-0.4, -0.2) is 23.4 Å². The van der Waals surface area contributed by atoms with Gasteiger partial charge in [-0.15, -0.1) is 0 Å². The number of para-hydroxylation sites is 1. The Morgan fingerprint density at radius 1 is 1.08 bits per heavy atom. The van der Waals surface area contributed by atoms with Crippen LogP contribution >= 0.6 is 0 Å². The number of aryl methyl sites for hydroxylation is 2. The molecule has 0 unspecified atom stereocenters. The summed E-state index contributed by atoms with van der Waals surface area (Å²) in [5.74, 6) is 0.625. The molecule has 1 fully saturated rings. The van der Waals surface area contributed by atoms with E-state index in [1.54, 1.807) is 0 Å². The minimum atomic E-state index is 0.0769. The summed E-state index contributed by atoms with van der Waals surface area (Å²) >= 11 is 0. The highest BCUT2D eigenvalue weighted by Crippen LogP contribution is 2.29. The van der Waals surface area contributed by atoms with Crippen LogP contribution < -0.4 is 5.32 Å². The quantitative estimate of drug-likeness (QED) is 0.759. The van der Waals surface area contributed by atoms with Gasteiger partial charge in [0.1, 0.15) is 0 Å². The summed E-state index contributed by atoms with van der Waals surface area (Å²) in [7, 11) is 0. The molecule has 1 amide bonds. The lowest BCUT2D eigenvalue weighted by atomic mass is 10.0. The third-order valence-corrected chi connectivity index (χ3v) is 5.19. The Morgan fingerprint density at radius 2 is 1.69 bits per heavy atom. The molecule has 2 aromatic carbocycles. The second-order valence-electron chi connectivity index (χ2n) is 7.85. The first kappa shape index (κ1) is 18.7. The number of amides is 1. The fourth-order valence-electron chi connectivity index (χ4n) is 3.37. The summed E-state index contributed by atoms with van der Waals surface area (Å²) in [5, 5.41) is 3.12. The van der Waals surface area contributed by atoms with Crippen LogP contribution in [0.25, 0.3) is 0 Å². The molecule has 0 aromatic heterocycles. The van der Waals surface area contributed by atoms with Gasteiger partial charge in [-0.3, -0.25) is 9.69 Å². The van der Waals surface area contributed by atoms with E-state index in [4.69, 9.17) is 0 Å². The lowest BCUT2D eigenvalue weighted by molar-refractivity contribution is -0.117. The molecule has 0 aliphatic heterocycles. The second-order valence-corrected chi connectivity index (χ2v) is 7.85. The zero-order valence-electron chi connectivity index (χ0n) is 16.4. The van der Waals surface area contributed by atoms with Crippen LogP contribution in [0.3, 0.4) is 0 Å². The van der Waals surface area contributed by atoms with Crippen molar-refractivity contribution in [1.82, 2.24) is 4.90 Å². The van der Waals surface area contributed by atoms with Gasteiger partial charge in [0, 0.05) is 18.3 Å². The normalized spacial score (nSPS) is 14.1. The van der Waals surface area contributed by atoms with E-state index in [-0.39, 0.29) is 5.91 Å². The molecule has 0 radical (unpaired) electrons. The molecule has 0 saturated heterocycles. The monoisotopic (exact) mass is 350 g/mol. The average Bonchev–Trinajstić information content (AvgIpc) is 3.43. The first-order valence-corrected chi connectivity index (χ1v) is 9.63. The van der Waals surface area contributed by atoms with Crippen molar-refractivity contribution in [3.05, 3.63) is 64.7 Å². The molecule has 2 aromatic rings. The van der Waals surface area contributed by atoms with Gasteiger partial charge < -0.3 is 5.32 Å². The predicted octanol–water partition coefficient (Wildman–Crippen LogP) is 5.03. The van der Waals surface area contributed by atoms with Crippen molar-refractivity contribution in [2.75, 3.05) is 11.9 Å². The van der Waals surface area contributed by atoms with E-state index in [1.807, 2.05) is 32.0 Å². The number of nitrogens with one attached hydrogen (secondary N) is 1. The maximum absolute atomic E-state index is 12.6. The molecular formula is C23H30N2O. The fourth-order valence-corrected chi connectivity index (χ4v) is 3.37. The highest BCUT2D eigenvalue weighted by Gasteiger charge is 2.30. The van der Waals surface area contributed by atoms with Gasteiger partial charge in [0.25, 0.3) is 0 Å². The third kappa shape index (κ3) is 4.73. The maximum Gasteiger partial charge on any atom is 0.238 e. The fraction of sp³-hybridized carbons (Fsp3) is 0.435. The number of anilines is 1. The van der Waals surface area contributed by atoms with Crippen molar-refractivity contribution in [2.24, 2.45) is 0 Å². The van der Waals surface area contributed by atoms with Gasteiger partial charge >= 0.3 is 0 Å². The van der Waals surface area contributed by atoms with Crippen molar-refractivity contribution in [2.45, 2.75) is 59.0 Å². The zero-order chi connectivity index (χ0) is 18.7. The van der Waals surface area contributed by atoms with Gasteiger partial charge in [-0.1, -0.05) is 56.3 Å². The lowest BCUT2D eigenvalue weighted by Crippen LogP contribution is -2.34. The van der Waals surface area contributed by atoms with Crippen LogP contribution in [0.2, 0.25) is 0 Å². The Balaban J connectivity index is 1.64. The summed E-state index contributed by atoms with van der Waals surface area (Å²) in [6, 6.07) is 15.5. The van der Waals surface area contributed by atoms with E-state index in [0.717, 1.165) is 23.4 Å². The molecule has 1 aliphatic rings. The van der Waals surface area contributed by atoms with Crippen molar-refractivity contribution in [3.63, 3.8) is 0 Å². The largest absolute Gasteiger partial charge is 0.324 e. The molecule has 0 heterocycles. The van der Waals surface area contributed by atoms with E-state index >= 15 is 0 Å². The standard InChI is InChI=1S/C23H30N2O/c1-16(2)20-10-8-19(9-11-20)14-25(21-12-13-21)15-22(26)24-23-17(3)6-5-7-18(23)4/h5-11,16,21H,12-15H2,1-4H3,(H,24,26). The number of carbonyl (C=O) groups is 1. The van der Waals surface area contributed by atoms with Crippen molar-refractivity contribution in [1.29, 1.82) is 0 Å². The summed E-state index contributed by atoms with van der Waals surface area (Å²) < 4.78 is 0. The molecular weight excluding hydrogens is 320 g/mol. The van der Waals surface area contributed by atoms with E-state index in [1.165, 1.54) is 24.0 Å². The molecule has 3 nitrogen and oxygen atoms in total. The molecule has 3 heteroatoms. The van der Waals surface area contributed by atoms with Gasteiger partial charge in [0.05, 0.1) is 6.54 Å². The Labute approximate surface area is 157 Å². The second kappa shape index (κ2) is 8.05. The molecule has 0 atom stereocenters. The summed E-state index contributed by atoms with van der Waals surface area (Å²) in [6.45, 7) is 9.79. The van der Waals surface area contributed by atoms with Gasteiger partial charge in [0.2, 0.25) is 5.91 Å². The van der Waals surface area contributed by atoms with Gasteiger partial charge in [0.15, 0.2) is 0 Å². The Bertz CT molecular complexity index is 740. The van der Waals surface area contributed by atoms with Crippen LogP contribution in [0.15, 0.2) is 42.5 Å². The van der Waals surface area contributed by atoms with Crippen molar-refractivity contribution >= 4 is 11.6 Å². The lowest BCUT2D eigenvalue weighted by Gasteiger charge is -2.22. The maximum atomic E-state index is 12.6. The molecule has 1 N–H and O–H groups in total. The number of nitrogens with zero attached hydrogens (tertiary/aromatic N) is 1. The Hall–Kier alpha value is -2.13. The van der Waals surface area contributed by atoms with E-state index in [9.17, 15) is 4.79 Å². The Morgan fingerprint density at radius 3 is 2.23 bits per heavy atom. The van der Waals surface area contributed by atoms with Crippen LogP contribution in [0.4, 0.5) is 5.69 Å². The van der Waals surface area contributed by atoms with Crippen LogP contribution in [-0.2, 0) is 11.3 Å². The minimum Gasteiger partial charge on any atom is -0.324 e. The van der Waals surface area contributed by atoms with Crippen molar-refractivity contribution < 1.29 is 4.79 Å². The Kier molecular flexibility index (Phi) is 5.77. The van der Waals surface area contributed by atoms with E-state index in [2.05, 4.69) is 48.3 Å². The highest BCUT2D eigenvalue weighted by atomic mass is 16.2. The molecule has 1 saturated carbocycles. The van der Waals surface area contributed by atoms with E-state index in [0.29, 0.717) is 18.5 Å². The number of hydrogen-bond donors (Lipinski definition) is 1. The first-order valence-electron chi connectivity index (χ1n) is 9.63. The average molecular weight is 351 g/mol. The van der Waals surface area contributed by atoms with Gasteiger partial charge in [-0.25, -0.2) is 0 Å². The molecule has 0 bridgehead atoms. The molecule has 3 rings (SSSR count). The van der Waals surface area contributed by atoms with Crippen LogP contribution in [0, 0.1) is 13.8 Å². The van der Waals surface area contributed by atoms with Crippen LogP contribution in [0.5, 0.6) is 0 Å². The van der Waals surface area contributed by atoms with Gasteiger partial charge in [-0.05, 0) is 54.9 Å². The molecule has 0 spiro atoms. The summed E-state index contributed by atoms with van der Waals surface area (Å²) in [4.78, 5) is 15.0. The van der Waals surface area contributed by atoms with E-state index < -0.39 is 0 Å². The molecule has 26 heavy (non-hydrogen) atoms. The van der Waals surface area contributed by atoms with Crippen molar-refractivity contribution in [3.8, 4) is 0 Å². The number of benzene rings is 2. The topological polar surface area (TPSA) is 32.3 Å². The SMILES string of the molecule is Cc1cccc(C)c1NC(=O)CN(Cc1ccc(C(C)C)cc1)C1CC1. The smallest absolute Gasteiger partial charge is 0.238 e. The number of rotatable bonds is 7. The summed E-state index contributed by atoms with van der Waals surface area (Å²) in [6.07, 6.45) is 2.39. The summed E-state index contributed by atoms with van der Waals surface area (Å²) in [5.41, 5.74) is 5.82. The molecule has 138 valence electrons. The zero-order valence-corrected chi connectivity index (χ0v) is 16.4. The molecule has 1 aliphatic carbocycles. The van der Waals surface area contributed by atoms with Gasteiger partial charge in [-0.2, -0.15) is 0 Å².